The molecule has 0 N–H and O–H groups in total. The van der Waals surface area contributed by atoms with Crippen molar-refractivity contribution in [2.24, 2.45) is 0 Å². The van der Waals surface area contributed by atoms with Gasteiger partial charge in [-0.3, -0.25) is 0 Å². The maximum absolute atomic E-state index is 12.5. The highest BCUT2D eigenvalue weighted by Crippen LogP contribution is 2.34. The molecule has 0 aliphatic carbocycles. The van der Waals surface area contributed by atoms with Gasteiger partial charge >= 0.3 is 21.0 Å². The lowest BCUT2D eigenvalue weighted by Gasteiger charge is -2.08. The van der Waals surface area contributed by atoms with E-state index in [0.29, 0.717) is 10.8 Å². The third-order valence-corrected chi connectivity index (χ3v) is 2.95. The summed E-state index contributed by atoms with van der Waals surface area (Å²) >= 11 is 0. The van der Waals surface area contributed by atoms with Gasteiger partial charge in [-0.25, -0.2) is 0 Å². The van der Waals surface area contributed by atoms with Gasteiger partial charge in [0.1, 0.15) is 0 Å². The van der Waals surface area contributed by atoms with E-state index in [4.69, 9.17) is 0 Å². The summed E-state index contributed by atoms with van der Waals surface area (Å²) < 4.78 is 74.8. The van der Waals surface area contributed by atoms with Crippen molar-refractivity contribution in [3.63, 3.8) is 0 Å². The van der Waals surface area contributed by atoms with E-state index in [2.05, 4.69) is 8.37 Å². The second-order valence-electron chi connectivity index (χ2n) is 3.60. The van der Waals surface area contributed by atoms with E-state index in [1.165, 1.54) is 12.1 Å². The topological polar surface area (TPSA) is 86.7 Å². The Morgan fingerprint density at radius 2 is 1.10 bits per heavy atom. The van der Waals surface area contributed by atoms with E-state index in [1.807, 2.05) is 0 Å². The van der Waals surface area contributed by atoms with Crippen molar-refractivity contribution in [2.75, 3.05) is 0 Å². The SMILES string of the molecule is O=S(=O)(F)Oc1cc2ccccc2cc1OS(=O)(=O)F. The van der Waals surface area contributed by atoms with Gasteiger partial charge in [-0.05, 0) is 22.9 Å². The molecule has 2 rings (SSSR count). The standard InChI is InChI=1S/C10H6F2O6S2/c11-19(13,14)17-9-5-7-3-1-2-4-8(7)6-10(9)18-20(12,15)16/h1-6H. The first-order valence-electron chi connectivity index (χ1n) is 4.95. The van der Waals surface area contributed by atoms with Crippen molar-refractivity contribution in [1.82, 2.24) is 0 Å². The average Bonchev–Trinajstić information content (AvgIpc) is 2.26. The molecule has 0 unspecified atom stereocenters. The quantitative estimate of drug-likeness (QED) is 0.800. The van der Waals surface area contributed by atoms with E-state index in [-0.39, 0.29) is 0 Å². The van der Waals surface area contributed by atoms with Crippen LogP contribution in [0.25, 0.3) is 10.8 Å². The van der Waals surface area contributed by atoms with Crippen LogP contribution >= 0.6 is 0 Å². The first-order chi connectivity index (χ1) is 9.14. The molecule has 10 heteroatoms. The lowest BCUT2D eigenvalue weighted by atomic mass is 10.1. The fraction of sp³-hybridized carbons (Fsp3) is 0. The predicted octanol–water partition coefficient (Wildman–Crippen LogP) is 2.03. The monoisotopic (exact) mass is 324 g/mol. The Hall–Kier alpha value is -1.94. The molecule has 0 heterocycles. The van der Waals surface area contributed by atoms with Crippen molar-refractivity contribution in [3.05, 3.63) is 36.4 Å². The molecule has 2 aromatic rings. The summed E-state index contributed by atoms with van der Waals surface area (Å²) in [4.78, 5) is 0. The average molecular weight is 324 g/mol. The summed E-state index contributed by atoms with van der Waals surface area (Å²) in [5.41, 5.74) is 0. The van der Waals surface area contributed by atoms with E-state index in [1.54, 1.807) is 12.1 Å². The molecule has 0 radical (unpaired) electrons. The van der Waals surface area contributed by atoms with Crippen LogP contribution in [0.4, 0.5) is 7.77 Å². The van der Waals surface area contributed by atoms with Gasteiger partial charge < -0.3 is 8.37 Å². The third-order valence-electron chi connectivity index (χ3n) is 2.19. The molecule has 0 aromatic heterocycles. The zero-order chi connectivity index (χ0) is 15.0. The molecule has 6 nitrogen and oxygen atoms in total. The first-order valence-corrected chi connectivity index (χ1v) is 7.57. The lowest BCUT2D eigenvalue weighted by molar-refractivity contribution is 0.408. The van der Waals surface area contributed by atoms with E-state index >= 15 is 0 Å². The van der Waals surface area contributed by atoms with Gasteiger partial charge in [0.15, 0.2) is 11.5 Å². The highest BCUT2D eigenvalue weighted by atomic mass is 32.3. The largest absolute Gasteiger partial charge is 0.488 e. The number of rotatable bonds is 4. The molecule has 2 aromatic carbocycles. The van der Waals surface area contributed by atoms with Gasteiger partial charge in [0.05, 0.1) is 0 Å². The summed E-state index contributed by atoms with van der Waals surface area (Å²) in [5, 5.41) is 0.824. The summed E-state index contributed by atoms with van der Waals surface area (Å²) in [7, 11) is -10.8. The number of hydrogen-bond acceptors (Lipinski definition) is 6. The van der Waals surface area contributed by atoms with Crippen molar-refractivity contribution in [1.29, 1.82) is 0 Å². The lowest BCUT2D eigenvalue weighted by Crippen LogP contribution is -2.06. The van der Waals surface area contributed by atoms with Crippen LogP contribution in [-0.4, -0.2) is 16.8 Å². The fourth-order valence-electron chi connectivity index (χ4n) is 1.54. The van der Waals surface area contributed by atoms with Gasteiger partial charge in [-0.1, -0.05) is 32.0 Å². The Kier molecular flexibility index (Phi) is 3.52. The van der Waals surface area contributed by atoms with E-state index in [0.717, 1.165) is 12.1 Å². The van der Waals surface area contributed by atoms with Crippen LogP contribution in [-0.2, 0) is 21.0 Å². The molecule has 0 spiro atoms. The molecule has 0 amide bonds. The number of fused-ring (bicyclic) bond motifs is 1. The fourth-order valence-corrected chi connectivity index (χ4v) is 2.23. The van der Waals surface area contributed by atoms with Crippen molar-refractivity contribution >= 4 is 31.8 Å². The highest BCUT2D eigenvalue weighted by Gasteiger charge is 2.20. The van der Waals surface area contributed by atoms with Gasteiger partial charge in [0, 0.05) is 0 Å². The maximum Gasteiger partial charge on any atom is 0.488 e. The molecule has 0 fully saturated rings. The molecule has 20 heavy (non-hydrogen) atoms. The minimum Gasteiger partial charge on any atom is -0.354 e. The zero-order valence-electron chi connectivity index (χ0n) is 9.49. The summed E-state index contributed by atoms with van der Waals surface area (Å²) in [6, 6.07) is 8.27. The Morgan fingerprint density at radius 1 is 0.750 bits per heavy atom. The number of benzene rings is 2. The summed E-state index contributed by atoms with van der Waals surface area (Å²) in [6.45, 7) is 0. The van der Waals surface area contributed by atoms with Gasteiger partial charge in [-0.15, -0.1) is 0 Å². The molecule has 0 saturated heterocycles. The minimum atomic E-state index is -5.42. The minimum absolute atomic E-state index is 0.412. The summed E-state index contributed by atoms with van der Waals surface area (Å²) in [5.74, 6) is -1.57. The Morgan fingerprint density at radius 3 is 1.40 bits per heavy atom. The normalized spacial score (nSPS) is 12.3. The van der Waals surface area contributed by atoms with Crippen LogP contribution in [0.1, 0.15) is 0 Å². The van der Waals surface area contributed by atoms with Crippen LogP contribution in [0.3, 0.4) is 0 Å². The van der Waals surface area contributed by atoms with Crippen LogP contribution in [0.5, 0.6) is 11.5 Å². The van der Waals surface area contributed by atoms with Gasteiger partial charge in [0.25, 0.3) is 0 Å². The molecular formula is C10H6F2O6S2. The second-order valence-corrected chi connectivity index (χ2v) is 5.50. The number of halogens is 2. The number of hydrogen-bond donors (Lipinski definition) is 0. The van der Waals surface area contributed by atoms with Crippen molar-refractivity contribution in [2.45, 2.75) is 0 Å². The van der Waals surface area contributed by atoms with E-state index < -0.39 is 32.5 Å². The molecule has 0 aliphatic rings. The first kappa shape index (κ1) is 14.5. The zero-order valence-corrected chi connectivity index (χ0v) is 11.1. The van der Waals surface area contributed by atoms with Crippen LogP contribution in [0.2, 0.25) is 0 Å². The Bertz CT molecular complexity index is 788. The second kappa shape index (κ2) is 4.87. The molecule has 0 atom stereocenters. The smallest absolute Gasteiger partial charge is 0.354 e. The van der Waals surface area contributed by atoms with Gasteiger partial charge in [-0.2, -0.15) is 16.8 Å². The van der Waals surface area contributed by atoms with Crippen molar-refractivity contribution in [3.8, 4) is 11.5 Å². The summed E-state index contributed by atoms with van der Waals surface area (Å²) in [6.07, 6.45) is 0. The molecule has 0 aliphatic heterocycles. The molecule has 108 valence electrons. The predicted molar refractivity (Wildman–Crippen MR) is 65.3 cm³/mol. The maximum atomic E-state index is 12.5. The highest BCUT2D eigenvalue weighted by molar-refractivity contribution is 7.82. The Labute approximate surface area is 113 Å². The molecule has 0 saturated carbocycles. The van der Waals surface area contributed by atoms with Crippen molar-refractivity contribution < 1.29 is 33.0 Å². The molecular weight excluding hydrogens is 318 g/mol. The van der Waals surface area contributed by atoms with Crippen LogP contribution in [0, 0.1) is 0 Å². The third kappa shape index (κ3) is 3.78. The Balaban J connectivity index is 2.64. The molecule has 0 bridgehead atoms. The van der Waals surface area contributed by atoms with E-state index in [9.17, 15) is 24.6 Å². The van der Waals surface area contributed by atoms with Crippen LogP contribution in [0.15, 0.2) is 36.4 Å². The van der Waals surface area contributed by atoms with Gasteiger partial charge in [0.2, 0.25) is 0 Å². The van der Waals surface area contributed by atoms with Crippen LogP contribution < -0.4 is 8.37 Å².